The van der Waals surface area contributed by atoms with Crippen molar-refractivity contribution in [3.05, 3.63) is 5.21 Å². The number of hydrogen-bond acceptors (Lipinski definition) is 5. The van der Waals surface area contributed by atoms with Crippen molar-refractivity contribution < 1.29 is 24.3 Å². The summed E-state index contributed by atoms with van der Waals surface area (Å²) in [5.41, 5.74) is 0. The Kier molecular flexibility index (Phi) is 3.01. The quantitative estimate of drug-likeness (QED) is 0.546. The zero-order valence-electron chi connectivity index (χ0n) is 8.26. The molecule has 82 valence electrons. The summed E-state index contributed by atoms with van der Waals surface area (Å²) < 4.78 is 16.1. The van der Waals surface area contributed by atoms with Gasteiger partial charge < -0.3 is 19.4 Å². The molecule has 0 bridgehead atoms. The number of rotatable bonds is 3. The monoisotopic (exact) mass is 205 g/mol. The maximum absolute atomic E-state index is 10.8. The molecule has 2 heterocycles. The number of nitrogens with one attached hydrogen (secondary N) is 1. The van der Waals surface area contributed by atoms with E-state index >= 15 is 0 Å². The lowest BCUT2D eigenvalue weighted by atomic mass is 10.1. The molecule has 0 aromatic rings. The third-order valence-corrected chi connectivity index (χ3v) is 2.58. The molecule has 0 aliphatic carbocycles. The van der Waals surface area contributed by atoms with Crippen LogP contribution < -0.4 is 5.23 Å². The van der Waals surface area contributed by atoms with E-state index in [1.807, 2.05) is 0 Å². The van der Waals surface area contributed by atoms with Gasteiger partial charge in [0.05, 0.1) is 20.3 Å². The SMILES string of the molecule is COC1COC2C(O[NH+](C)[O-])COC12. The summed E-state index contributed by atoms with van der Waals surface area (Å²) in [5, 5.41) is 10.5. The summed E-state index contributed by atoms with van der Waals surface area (Å²) in [6.07, 6.45) is -0.577. The molecular weight excluding hydrogens is 190 g/mol. The maximum Gasteiger partial charge on any atom is 0.169 e. The lowest BCUT2D eigenvalue weighted by molar-refractivity contribution is -1.04. The van der Waals surface area contributed by atoms with Gasteiger partial charge >= 0.3 is 0 Å². The maximum atomic E-state index is 10.8. The van der Waals surface area contributed by atoms with Gasteiger partial charge in [-0.25, -0.2) is 5.23 Å². The normalized spacial score (nSPS) is 43.9. The Labute approximate surface area is 82.2 Å². The first-order valence-corrected chi connectivity index (χ1v) is 4.65. The molecular formula is C8H15NO5. The van der Waals surface area contributed by atoms with Crippen LogP contribution in [0.15, 0.2) is 0 Å². The predicted molar refractivity (Wildman–Crippen MR) is 45.4 cm³/mol. The molecule has 0 saturated carbocycles. The fourth-order valence-electron chi connectivity index (χ4n) is 1.95. The van der Waals surface area contributed by atoms with E-state index in [1.165, 1.54) is 7.05 Å². The van der Waals surface area contributed by atoms with Crippen molar-refractivity contribution >= 4 is 0 Å². The molecule has 14 heavy (non-hydrogen) atoms. The van der Waals surface area contributed by atoms with Crippen LogP contribution in [0.2, 0.25) is 0 Å². The topological polar surface area (TPSA) is 64.4 Å². The molecule has 0 spiro atoms. The Bertz CT molecular complexity index is 200. The molecule has 6 nitrogen and oxygen atoms in total. The number of methoxy groups -OCH3 is 1. The number of fused-ring (bicyclic) bond motifs is 1. The van der Waals surface area contributed by atoms with Crippen LogP contribution in [0.25, 0.3) is 0 Å². The second kappa shape index (κ2) is 4.09. The van der Waals surface area contributed by atoms with E-state index in [0.717, 1.165) is 0 Å². The molecule has 0 aromatic heterocycles. The number of ether oxygens (including phenoxy) is 3. The van der Waals surface area contributed by atoms with Crippen molar-refractivity contribution in [3.8, 4) is 0 Å². The molecule has 6 heteroatoms. The summed E-state index contributed by atoms with van der Waals surface area (Å²) in [7, 11) is 3.01. The van der Waals surface area contributed by atoms with Crippen molar-refractivity contribution in [2.45, 2.75) is 24.4 Å². The summed E-state index contributed by atoms with van der Waals surface area (Å²) >= 11 is 0. The highest BCUT2D eigenvalue weighted by Gasteiger charge is 2.49. The van der Waals surface area contributed by atoms with Gasteiger partial charge in [-0.1, -0.05) is 0 Å². The summed E-state index contributed by atoms with van der Waals surface area (Å²) in [6, 6.07) is 0. The molecule has 0 aromatic carbocycles. The zero-order valence-corrected chi connectivity index (χ0v) is 8.26. The molecule has 2 aliphatic heterocycles. The minimum atomic E-state index is -0.302. The standard InChI is InChI=1S/C8H15NO5/c1-9(10)14-6-4-13-7-5(11-2)3-12-8(6)7/h5-9H,3-4H2,1-2H3. The van der Waals surface area contributed by atoms with Crippen LogP contribution in [-0.4, -0.2) is 51.8 Å². The van der Waals surface area contributed by atoms with E-state index in [2.05, 4.69) is 0 Å². The number of hydrogen-bond donors (Lipinski definition) is 1. The van der Waals surface area contributed by atoms with Gasteiger partial charge in [-0.2, -0.15) is 4.84 Å². The Hall–Kier alpha value is -0.240. The lowest BCUT2D eigenvalue weighted by Gasteiger charge is -2.21. The first-order chi connectivity index (χ1) is 6.72. The average molecular weight is 205 g/mol. The van der Waals surface area contributed by atoms with Gasteiger partial charge in [0.25, 0.3) is 0 Å². The van der Waals surface area contributed by atoms with Gasteiger partial charge in [0.1, 0.15) is 18.3 Å². The highest BCUT2D eigenvalue weighted by molar-refractivity contribution is 4.95. The van der Waals surface area contributed by atoms with E-state index in [1.54, 1.807) is 7.11 Å². The lowest BCUT2D eigenvalue weighted by Crippen LogP contribution is -3.03. The number of quaternary nitrogens is 1. The van der Waals surface area contributed by atoms with Crippen LogP contribution in [0.1, 0.15) is 0 Å². The van der Waals surface area contributed by atoms with Gasteiger partial charge in [-0.15, -0.1) is 0 Å². The molecule has 2 fully saturated rings. The van der Waals surface area contributed by atoms with Gasteiger partial charge in [0.15, 0.2) is 6.10 Å². The van der Waals surface area contributed by atoms with E-state index < -0.39 is 0 Å². The molecule has 5 atom stereocenters. The van der Waals surface area contributed by atoms with Crippen LogP contribution in [0.3, 0.4) is 0 Å². The van der Waals surface area contributed by atoms with Crippen LogP contribution >= 0.6 is 0 Å². The van der Waals surface area contributed by atoms with Crippen molar-refractivity contribution in [1.29, 1.82) is 0 Å². The highest BCUT2D eigenvalue weighted by atomic mass is 16.9. The summed E-state index contributed by atoms with van der Waals surface area (Å²) in [6.45, 7) is 0.901. The summed E-state index contributed by atoms with van der Waals surface area (Å²) in [5.74, 6) is 0. The van der Waals surface area contributed by atoms with Crippen LogP contribution in [0.5, 0.6) is 0 Å². The van der Waals surface area contributed by atoms with E-state index in [9.17, 15) is 5.21 Å². The second-order valence-corrected chi connectivity index (χ2v) is 3.52. The minimum Gasteiger partial charge on any atom is -0.600 e. The Morgan fingerprint density at radius 3 is 2.36 bits per heavy atom. The van der Waals surface area contributed by atoms with Gasteiger partial charge in [0, 0.05) is 7.11 Å². The second-order valence-electron chi connectivity index (χ2n) is 3.52. The smallest absolute Gasteiger partial charge is 0.169 e. The zero-order chi connectivity index (χ0) is 10.1. The van der Waals surface area contributed by atoms with E-state index in [0.29, 0.717) is 13.2 Å². The Morgan fingerprint density at radius 1 is 1.21 bits per heavy atom. The first-order valence-electron chi connectivity index (χ1n) is 4.65. The molecule has 2 rings (SSSR count). The Morgan fingerprint density at radius 2 is 1.79 bits per heavy atom. The molecule has 0 amide bonds. The third-order valence-electron chi connectivity index (χ3n) is 2.58. The first kappa shape index (κ1) is 10.3. The third kappa shape index (κ3) is 1.77. The van der Waals surface area contributed by atoms with E-state index in [-0.39, 0.29) is 29.6 Å². The number of hydroxylamine groups is 2. The highest BCUT2D eigenvalue weighted by Crippen LogP contribution is 2.29. The van der Waals surface area contributed by atoms with Crippen molar-refractivity contribution in [1.82, 2.24) is 0 Å². The molecule has 2 aliphatic rings. The van der Waals surface area contributed by atoms with Crippen molar-refractivity contribution in [2.75, 3.05) is 27.4 Å². The molecule has 0 radical (unpaired) electrons. The predicted octanol–water partition coefficient (Wildman–Crippen LogP) is -1.89. The van der Waals surface area contributed by atoms with Gasteiger partial charge in [0.2, 0.25) is 0 Å². The fraction of sp³-hybridized carbons (Fsp3) is 1.00. The minimum absolute atomic E-state index is 0.0411. The van der Waals surface area contributed by atoms with Crippen LogP contribution in [-0.2, 0) is 19.0 Å². The van der Waals surface area contributed by atoms with Crippen LogP contribution in [0.4, 0.5) is 0 Å². The Balaban J connectivity index is 1.94. The molecule has 5 unspecified atom stereocenters. The summed E-state index contributed by atoms with van der Waals surface area (Å²) in [4.78, 5) is 5.07. The average Bonchev–Trinajstić information content (AvgIpc) is 2.67. The molecule has 1 N–H and O–H groups in total. The fourth-order valence-corrected chi connectivity index (χ4v) is 1.95. The largest absolute Gasteiger partial charge is 0.600 e. The van der Waals surface area contributed by atoms with Crippen molar-refractivity contribution in [2.24, 2.45) is 0 Å². The molecule has 2 saturated heterocycles. The van der Waals surface area contributed by atoms with Gasteiger partial charge in [-0.05, 0) is 0 Å². The van der Waals surface area contributed by atoms with Gasteiger partial charge in [-0.3, -0.25) is 0 Å². The van der Waals surface area contributed by atoms with Crippen molar-refractivity contribution in [3.63, 3.8) is 0 Å². The van der Waals surface area contributed by atoms with Crippen LogP contribution in [0, 0.1) is 5.21 Å². The van der Waals surface area contributed by atoms with E-state index in [4.69, 9.17) is 19.0 Å².